The monoisotopic (exact) mass is 199 g/mol. The predicted octanol–water partition coefficient (Wildman–Crippen LogP) is 2.27. The Kier molecular flexibility index (Phi) is 3.96. The number of likely N-dealkylation sites (tertiary alicyclic amines) is 1. The molecule has 0 amide bonds. The van der Waals surface area contributed by atoms with Crippen molar-refractivity contribution in [1.82, 2.24) is 4.90 Å². The molecule has 1 heterocycles. The molecule has 2 heteroatoms. The number of aliphatic hydroxyl groups excluding tert-OH is 1. The third-order valence-corrected chi connectivity index (χ3v) is 3.56. The number of hydrogen-bond acceptors (Lipinski definition) is 2. The van der Waals surface area contributed by atoms with Crippen LogP contribution in [0, 0.1) is 5.92 Å². The van der Waals surface area contributed by atoms with Crippen LogP contribution in [0.4, 0.5) is 0 Å². The SMILES string of the molecule is CC(C)N1CC(CCO)CCC1(C)C. The van der Waals surface area contributed by atoms with E-state index in [-0.39, 0.29) is 0 Å². The van der Waals surface area contributed by atoms with Gasteiger partial charge in [0.15, 0.2) is 0 Å². The highest BCUT2D eigenvalue weighted by molar-refractivity contribution is 4.90. The molecule has 1 aliphatic rings. The average Bonchev–Trinajstić information content (AvgIpc) is 2.08. The van der Waals surface area contributed by atoms with E-state index in [9.17, 15) is 0 Å². The molecule has 1 atom stereocenters. The van der Waals surface area contributed by atoms with E-state index < -0.39 is 0 Å². The molecule has 0 aliphatic carbocycles. The van der Waals surface area contributed by atoms with Gasteiger partial charge >= 0.3 is 0 Å². The van der Waals surface area contributed by atoms with Gasteiger partial charge in [-0.1, -0.05) is 0 Å². The van der Waals surface area contributed by atoms with Crippen molar-refractivity contribution < 1.29 is 5.11 Å². The smallest absolute Gasteiger partial charge is 0.0434 e. The number of nitrogens with zero attached hydrogens (tertiary/aromatic N) is 1. The Labute approximate surface area is 88.3 Å². The van der Waals surface area contributed by atoms with Crippen LogP contribution in [0.25, 0.3) is 0 Å². The summed E-state index contributed by atoms with van der Waals surface area (Å²) in [6.45, 7) is 10.7. The van der Waals surface area contributed by atoms with Gasteiger partial charge in [0.25, 0.3) is 0 Å². The third kappa shape index (κ3) is 2.71. The fraction of sp³-hybridized carbons (Fsp3) is 1.00. The zero-order valence-electron chi connectivity index (χ0n) is 10.1. The first-order valence-corrected chi connectivity index (χ1v) is 5.85. The summed E-state index contributed by atoms with van der Waals surface area (Å²) in [5, 5.41) is 8.95. The molecular formula is C12H25NO. The van der Waals surface area contributed by atoms with Crippen LogP contribution in [0.2, 0.25) is 0 Å². The second-order valence-electron chi connectivity index (χ2n) is 5.48. The van der Waals surface area contributed by atoms with E-state index in [2.05, 4.69) is 32.6 Å². The maximum atomic E-state index is 8.95. The molecule has 0 aromatic heterocycles. The quantitative estimate of drug-likeness (QED) is 0.753. The van der Waals surface area contributed by atoms with Gasteiger partial charge in [0.05, 0.1) is 0 Å². The van der Waals surface area contributed by atoms with Gasteiger partial charge in [0, 0.05) is 24.7 Å². The Hall–Kier alpha value is -0.0800. The molecular weight excluding hydrogens is 174 g/mol. The predicted molar refractivity (Wildman–Crippen MR) is 60.3 cm³/mol. The zero-order valence-corrected chi connectivity index (χ0v) is 10.1. The first kappa shape index (κ1) is 12.0. The molecule has 0 aromatic carbocycles. The summed E-state index contributed by atoms with van der Waals surface area (Å²) in [6, 6.07) is 0.617. The topological polar surface area (TPSA) is 23.5 Å². The van der Waals surface area contributed by atoms with Crippen molar-refractivity contribution in [3.05, 3.63) is 0 Å². The number of aliphatic hydroxyl groups is 1. The van der Waals surface area contributed by atoms with Gasteiger partial charge in [0.2, 0.25) is 0 Å². The van der Waals surface area contributed by atoms with Crippen molar-refractivity contribution in [3.8, 4) is 0 Å². The van der Waals surface area contributed by atoms with Crippen molar-refractivity contribution in [2.45, 2.75) is 58.5 Å². The zero-order chi connectivity index (χ0) is 10.8. The van der Waals surface area contributed by atoms with Gasteiger partial charge in [-0.25, -0.2) is 0 Å². The van der Waals surface area contributed by atoms with E-state index in [0.29, 0.717) is 24.1 Å². The molecule has 0 saturated carbocycles. The summed E-state index contributed by atoms with van der Waals surface area (Å²) >= 11 is 0. The average molecular weight is 199 g/mol. The lowest BCUT2D eigenvalue weighted by Gasteiger charge is -2.48. The third-order valence-electron chi connectivity index (χ3n) is 3.56. The van der Waals surface area contributed by atoms with Crippen LogP contribution < -0.4 is 0 Å². The summed E-state index contributed by atoms with van der Waals surface area (Å²) in [7, 11) is 0. The van der Waals surface area contributed by atoms with Crippen molar-refractivity contribution in [2.24, 2.45) is 5.92 Å². The minimum Gasteiger partial charge on any atom is -0.396 e. The Morgan fingerprint density at radius 2 is 2.07 bits per heavy atom. The molecule has 1 unspecified atom stereocenters. The van der Waals surface area contributed by atoms with Crippen LogP contribution in [0.15, 0.2) is 0 Å². The maximum Gasteiger partial charge on any atom is 0.0434 e. The first-order valence-electron chi connectivity index (χ1n) is 5.85. The minimum absolute atomic E-state index is 0.344. The lowest BCUT2D eigenvalue weighted by Crippen LogP contribution is -2.53. The lowest BCUT2D eigenvalue weighted by atomic mass is 9.82. The molecule has 1 saturated heterocycles. The van der Waals surface area contributed by atoms with E-state index in [1.54, 1.807) is 0 Å². The van der Waals surface area contributed by atoms with Crippen molar-refractivity contribution in [1.29, 1.82) is 0 Å². The van der Waals surface area contributed by atoms with Crippen LogP contribution in [0.3, 0.4) is 0 Å². The van der Waals surface area contributed by atoms with Gasteiger partial charge in [-0.15, -0.1) is 0 Å². The van der Waals surface area contributed by atoms with Gasteiger partial charge in [-0.2, -0.15) is 0 Å². The molecule has 0 radical (unpaired) electrons. The molecule has 0 spiro atoms. The van der Waals surface area contributed by atoms with Crippen molar-refractivity contribution in [2.75, 3.05) is 13.2 Å². The van der Waals surface area contributed by atoms with E-state index in [1.165, 1.54) is 12.8 Å². The van der Waals surface area contributed by atoms with Crippen LogP contribution in [0.5, 0.6) is 0 Å². The summed E-state index contributed by atoms with van der Waals surface area (Å²) in [4.78, 5) is 2.58. The second kappa shape index (κ2) is 4.63. The molecule has 1 rings (SSSR count). The number of piperidine rings is 1. The van der Waals surface area contributed by atoms with E-state index in [4.69, 9.17) is 5.11 Å². The molecule has 2 nitrogen and oxygen atoms in total. The maximum absolute atomic E-state index is 8.95. The highest BCUT2D eigenvalue weighted by Gasteiger charge is 2.34. The molecule has 84 valence electrons. The van der Waals surface area contributed by atoms with Crippen LogP contribution in [-0.2, 0) is 0 Å². The van der Waals surface area contributed by atoms with Gasteiger partial charge < -0.3 is 5.11 Å². The Morgan fingerprint density at radius 3 is 2.57 bits per heavy atom. The largest absolute Gasteiger partial charge is 0.396 e. The molecule has 14 heavy (non-hydrogen) atoms. The molecule has 1 N–H and O–H groups in total. The Balaban J connectivity index is 2.58. The van der Waals surface area contributed by atoms with E-state index in [1.807, 2.05) is 0 Å². The molecule has 0 aromatic rings. The van der Waals surface area contributed by atoms with Crippen molar-refractivity contribution in [3.63, 3.8) is 0 Å². The van der Waals surface area contributed by atoms with Gasteiger partial charge in [-0.05, 0) is 52.9 Å². The fourth-order valence-electron chi connectivity index (χ4n) is 2.65. The Morgan fingerprint density at radius 1 is 1.43 bits per heavy atom. The van der Waals surface area contributed by atoms with E-state index in [0.717, 1.165) is 13.0 Å². The van der Waals surface area contributed by atoms with Crippen LogP contribution >= 0.6 is 0 Å². The second-order valence-corrected chi connectivity index (χ2v) is 5.48. The van der Waals surface area contributed by atoms with Crippen LogP contribution in [-0.4, -0.2) is 34.7 Å². The van der Waals surface area contributed by atoms with Crippen LogP contribution in [0.1, 0.15) is 47.0 Å². The Bertz CT molecular complexity index is 177. The number of rotatable bonds is 3. The number of hydrogen-bond donors (Lipinski definition) is 1. The van der Waals surface area contributed by atoms with Crippen molar-refractivity contribution >= 4 is 0 Å². The summed E-state index contributed by atoms with van der Waals surface area (Å²) in [5.41, 5.74) is 0.347. The fourth-order valence-corrected chi connectivity index (χ4v) is 2.65. The van der Waals surface area contributed by atoms with Gasteiger partial charge in [-0.3, -0.25) is 4.90 Å². The summed E-state index contributed by atoms with van der Waals surface area (Å²) in [5.74, 6) is 0.704. The molecule has 1 fully saturated rings. The highest BCUT2D eigenvalue weighted by Crippen LogP contribution is 2.33. The van der Waals surface area contributed by atoms with Gasteiger partial charge in [0.1, 0.15) is 0 Å². The molecule has 1 aliphatic heterocycles. The highest BCUT2D eigenvalue weighted by atomic mass is 16.3. The molecule has 0 bridgehead atoms. The summed E-state index contributed by atoms with van der Waals surface area (Å²) in [6.07, 6.45) is 3.51. The standard InChI is InChI=1S/C12H25NO/c1-10(2)13-9-11(6-8-14)5-7-12(13,3)4/h10-11,14H,5-9H2,1-4H3. The minimum atomic E-state index is 0.344. The van der Waals surface area contributed by atoms with E-state index >= 15 is 0 Å². The normalized spacial score (nSPS) is 28.3. The summed E-state index contributed by atoms with van der Waals surface area (Å²) < 4.78 is 0. The first-order chi connectivity index (χ1) is 6.47. The lowest BCUT2D eigenvalue weighted by molar-refractivity contribution is 0.0126.